The van der Waals surface area contributed by atoms with E-state index in [1.54, 1.807) is 4.90 Å². The van der Waals surface area contributed by atoms with Gasteiger partial charge >= 0.3 is 0 Å². The Balaban J connectivity index is 1.83. The topological polar surface area (TPSA) is 53.1 Å². The lowest BCUT2D eigenvalue weighted by Gasteiger charge is -2.40. The molecular weight excluding hydrogens is 361 g/mol. The molecule has 1 saturated heterocycles. The van der Waals surface area contributed by atoms with Crippen LogP contribution in [0.5, 0.6) is 5.75 Å². The molecule has 1 aliphatic heterocycles. The molecule has 28 heavy (non-hydrogen) atoms. The highest BCUT2D eigenvalue weighted by Gasteiger charge is 2.31. The van der Waals surface area contributed by atoms with Gasteiger partial charge in [0.15, 0.2) is 6.61 Å². The number of carbonyl (C=O) groups is 2. The zero-order valence-corrected chi connectivity index (χ0v) is 17.5. The minimum Gasteiger partial charge on any atom is -0.484 e. The summed E-state index contributed by atoms with van der Waals surface area (Å²) in [5, 5.41) is 0. The molecule has 2 rings (SSSR count). The van der Waals surface area contributed by atoms with Crippen molar-refractivity contribution in [3.05, 3.63) is 30.1 Å². The van der Waals surface area contributed by atoms with E-state index in [2.05, 4.69) is 4.90 Å². The molecule has 1 atom stereocenters. The number of halogens is 1. The fourth-order valence-electron chi connectivity index (χ4n) is 3.60. The molecule has 1 aliphatic rings. The van der Waals surface area contributed by atoms with E-state index >= 15 is 0 Å². The van der Waals surface area contributed by atoms with Gasteiger partial charge in [-0.2, -0.15) is 0 Å². The number of carbonyl (C=O) groups excluding carboxylic acids is 2. The summed E-state index contributed by atoms with van der Waals surface area (Å²) in [4.78, 5) is 31.0. The Morgan fingerprint density at radius 3 is 2.04 bits per heavy atom. The third-order valence-electron chi connectivity index (χ3n) is 5.12. The van der Waals surface area contributed by atoms with E-state index in [1.807, 2.05) is 39.5 Å². The molecule has 0 aromatic heterocycles. The van der Waals surface area contributed by atoms with E-state index in [1.165, 1.54) is 24.3 Å². The van der Waals surface area contributed by atoms with Gasteiger partial charge in [-0.15, -0.1) is 0 Å². The first-order valence-corrected chi connectivity index (χ1v) is 9.93. The molecule has 6 nitrogen and oxygen atoms in total. The van der Waals surface area contributed by atoms with Crippen molar-refractivity contribution in [1.29, 1.82) is 0 Å². The van der Waals surface area contributed by atoms with Crippen LogP contribution in [0.1, 0.15) is 34.6 Å². The van der Waals surface area contributed by atoms with Crippen LogP contribution in [0.4, 0.5) is 4.39 Å². The number of piperazine rings is 1. The number of rotatable bonds is 7. The molecule has 1 fully saturated rings. The summed E-state index contributed by atoms with van der Waals surface area (Å²) in [6, 6.07) is 5.70. The standard InChI is InChI=1S/C21H32FN3O3/c1-15(2)25(16(3)4)21(27)17(5)23-10-12-24(13-11-23)20(26)14-28-19-8-6-18(22)7-9-19/h6-9,15-17H,10-14H2,1-5H3. The molecule has 1 unspecified atom stereocenters. The summed E-state index contributed by atoms with van der Waals surface area (Å²) in [6.07, 6.45) is 0. The van der Waals surface area contributed by atoms with Crippen molar-refractivity contribution in [2.24, 2.45) is 0 Å². The number of ether oxygens (including phenoxy) is 1. The van der Waals surface area contributed by atoms with Crippen molar-refractivity contribution < 1.29 is 18.7 Å². The highest BCUT2D eigenvalue weighted by atomic mass is 19.1. The Morgan fingerprint density at radius 2 is 1.54 bits per heavy atom. The van der Waals surface area contributed by atoms with Crippen LogP contribution < -0.4 is 4.74 Å². The molecule has 0 bridgehead atoms. The van der Waals surface area contributed by atoms with Gasteiger partial charge in [0, 0.05) is 38.3 Å². The molecule has 1 aromatic rings. The van der Waals surface area contributed by atoms with Crippen LogP contribution in [-0.4, -0.2) is 77.4 Å². The van der Waals surface area contributed by atoms with Crippen LogP contribution in [0.3, 0.4) is 0 Å². The van der Waals surface area contributed by atoms with Crippen molar-refractivity contribution in [3.63, 3.8) is 0 Å². The predicted octanol–water partition coefficient (Wildman–Crippen LogP) is 2.38. The van der Waals surface area contributed by atoms with Gasteiger partial charge in [-0.3, -0.25) is 14.5 Å². The molecule has 1 aromatic carbocycles. The summed E-state index contributed by atoms with van der Waals surface area (Å²) in [5.74, 6) is 0.153. The maximum Gasteiger partial charge on any atom is 0.260 e. The summed E-state index contributed by atoms with van der Waals surface area (Å²) in [5.41, 5.74) is 0. The third kappa shape index (κ3) is 5.67. The van der Waals surface area contributed by atoms with Gasteiger partial charge in [-0.1, -0.05) is 0 Å². The van der Waals surface area contributed by atoms with Gasteiger partial charge in [0.2, 0.25) is 5.91 Å². The second-order valence-electron chi connectivity index (χ2n) is 7.77. The normalized spacial score (nSPS) is 16.4. The van der Waals surface area contributed by atoms with Gasteiger partial charge in [0.1, 0.15) is 11.6 Å². The first kappa shape index (κ1) is 22.1. The summed E-state index contributed by atoms with van der Waals surface area (Å²) in [6.45, 7) is 12.4. The highest BCUT2D eigenvalue weighted by molar-refractivity contribution is 5.82. The van der Waals surface area contributed by atoms with E-state index < -0.39 is 0 Å². The average Bonchev–Trinajstić information content (AvgIpc) is 2.66. The molecule has 0 spiro atoms. The molecule has 0 aliphatic carbocycles. The van der Waals surface area contributed by atoms with Crippen LogP contribution in [0.25, 0.3) is 0 Å². The predicted molar refractivity (Wildman–Crippen MR) is 107 cm³/mol. The lowest BCUT2D eigenvalue weighted by atomic mass is 10.1. The number of nitrogens with zero attached hydrogens (tertiary/aromatic N) is 3. The highest BCUT2D eigenvalue weighted by Crippen LogP contribution is 2.15. The maximum absolute atomic E-state index is 12.9. The zero-order valence-electron chi connectivity index (χ0n) is 17.5. The van der Waals surface area contributed by atoms with Gasteiger partial charge in [0.25, 0.3) is 5.91 Å². The van der Waals surface area contributed by atoms with Gasteiger partial charge in [-0.25, -0.2) is 4.39 Å². The molecule has 0 saturated carbocycles. The van der Waals surface area contributed by atoms with E-state index in [0.29, 0.717) is 31.9 Å². The number of hydrogen-bond acceptors (Lipinski definition) is 4. The number of amides is 2. The van der Waals surface area contributed by atoms with E-state index in [0.717, 1.165) is 0 Å². The van der Waals surface area contributed by atoms with Crippen LogP contribution in [0.2, 0.25) is 0 Å². The Morgan fingerprint density at radius 1 is 1.00 bits per heavy atom. The van der Waals surface area contributed by atoms with E-state index in [4.69, 9.17) is 4.74 Å². The quantitative estimate of drug-likeness (QED) is 0.714. The molecule has 7 heteroatoms. The van der Waals surface area contributed by atoms with E-state index in [9.17, 15) is 14.0 Å². The SMILES string of the molecule is CC(C(=O)N(C(C)C)C(C)C)N1CCN(C(=O)COc2ccc(F)cc2)CC1. The van der Waals surface area contributed by atoms with Crippen molar-refractivity contribution in [3.8, 4) is 5.75 Å². The summed E-state index contributed by atoms with van der Waals surface area (Å²) >= 11 is 0. The molecule has 156 valence electrons. The Hall–Kier alpha value is -2.15. The van der Waals surface area contributed by atoms with Crippen LogP contribution in [-0.2, 0) is 9.59 Å². The Bertz CT molecular complexity index is 647. The largest absolute Gasteiger partial charge is 0.484 e. The third-order valence-corrected chi connectivity index (χ3v) is 5.12. The second kappa shape index (κ2) is 9.87. The van der Waals surface area contributed by atoms with Crippen LogP contribution in [0, 0.1) is 5.82 Å². The molecule has 1 heterocycles. The molecule has 0 radical (unpaired) electrons. The molecular formula is C21H32FN3O3. The smallest absolute Gasteiger partial charge is 0.260 e. The first-order valence-electron chi connectivity index (χ1n) is 9.93. The zero-order chi connectivity index (χ0) is 20.8. The average molecular weight is 394 g/mol. The molecule has 2 amide bonds. The van der Waals surface area contributed by atoms with Gasteiger partial charge < -0.3 is 14.5 Å². The summed E-state index contributed by atoms with van der Waals surface area (Å²) < 4.78 is 18.4. The first-order chi connectivity index (χ1) is 13.2. The monoisotopic (exact) mass is 393 g/mol. The lowest BCUT2D eigenvalue weighted by Crippen LogP contribution is -2.57. The number of benzene rings is 1. The minimum absolute atomic E-state index is 0.0748. The lowest BCUT2D eigenvalue weighted by molar-refractivity contribution is -0.142. The Labute approximate surface area is 167 Å². The van der Waals surface area contributed by atoms with Crippen LogP contribution in [0.15, 0.2) is 24.3 Å². The van der Waals surface area contributed by atoms with E-state index in [-0.39, 0.29) is 42.4 Å². The maximum atomic E-state index is 12.9. The number of hydrogen-bond donors (Lipinski definition) is 0. The van der Waals surface area contributed by atoms with Crippen molar-refractivity contribution in [2.75, 3.05) is 32.8 Å². The molecule has 0 N–H and O–H groups in total. The van der Waals surface area contributed by atoms with Crippen molar-refractivity contribution in [1.82, 2.24) is 14.7 Å². The summed E-state index contributed by atoms with van der Waals surface area (Å²) in [7, 11) is 0. The van der Waals surface area contributed by atoms with Gasteiger partial charge in [-0.05, 0) is 58.9 Å². The van der Waals surface area contributed by atoms with Crippen molar-refractivity contribution in [2.45, 2.75) is 52.7 Å². The van der Waals surface area contributed by atoms with Gasteiger partial charge in [0.05, 0.1) is 6.04 Å². The fraction of sp³-hybridized carbons (Fsp3) is 0.619. The van der Waals surface area contributed by atoms with Crippen molar-refractivity contribution >= 4 is 11.8 Å². The second-order valence-corrected chi connectivity index (χ2v) is 7.77. The minimum atomic E-state index is -0.341. The van der Waals surface area contributed by atoms with Crippen LogP contribution >= 0.6 is 0 Å². The fourth-order valence-corrected chi connectivity index (χ4v) is 3.60. The Kier molecular flexibility index (Phi) is 7.80.